The van der Waals surface area contributed by atoms with Gasteiger partial charge in [0.25, 0.3) is 0 Å². The summed E-state index contributed by atoms with van der Waals surface area (Å²) in [7, 11) is 1.84. The van der Waals surface area contributed by atoms with Crippen molar-refractivity contribution in [3.63, 3.8) is 0 Å². The predicted octanol–water partition coefficient (Wildman–Crippen LogP) is 2.18. The number of hydrogen-bond acceptors (Lipinski definition) is 3. The molecule has 2 aliphatic heterocycles. The van der Waals surface area contributed by atoms with E-state index in [0.29, 0.717) is 17.0 Å². The summed E-state index contributed by atoms with van der Waals surface area (Å²) in [4.78, 5) is 11.4. The highest BCUT2D eigenvalue weighted by molar-refractivity contribution is 6.30. The van der Waals surface area contributed by atoms with Crippen LogP contribution in [0.3, 0.4) is 0 Å². The van der Waals surface area contributed by atoms with Gasteiger partial charge in [-0.15, -0.1) is 0 Å². The van der Waals surface area contributed by atoms with E-state index < -0.39 is 0 Å². The van der Waals surface area contributed by atoms with Crippen molar-refractivity contribution in [2.45, 2.75) is 19.4 Å². The number of guanidine groups is 1. The van der Waals surface area contributed by atoms with Gasteiger partial charge in [0.1, 0.15) is 5.65 Å². The van der Waals surface area contributed by atoms with Crippen LogP contribution in [0.2, 0.25) is 5.02 Å². The number of halogens is 1. The summed E-state index contributed by atoms with van der Waals surface area (Å²) in [5, 5.41) is 4.14. The average Bonchev–Trinajstić information content (AvgIpc) is 3.29. The second kappa shape index (κ2) is 6.26. The van der Waals surface area contributed by atoms with E-state index >= 15 is 0 Å². The molecule has 7 heteroatoms. The zero-order chi connectivity index (χ0) is 16.6. The van der Waals surface area contributed by atoms with Crippen molar-refractivity contribution in [2.24, 2.45) is 10.4 Å². The fourth-order valence-corrected chi connectivity index (χ4v) is 3.86. The molecule has 6 nitrogen and oxygen atoms in total. The van der Waals surface area contributed by atoms with Gasteiger partial charge >= 0.3 is 0 Å². The molecule has 0 amide bonds. The fraction of sp³-hybridized carbons (Fsp3) is 0.529. The van der Waals surface area contributed by atoms with Crippen molar-refractivity contribution in [3.8, 4) is 0 Å². The molecule has 4 rings (SSSR count). The SMILES string of the molecule is CN=C(NCc1cn2cc(Cl)ccc2n1)N1CCC2(CCOC2)C1. The lowest BCUT2D eigenvalue weighted by molar-refractivity contribution is 0.156. The topological polar surface area (TPSA) is 54.2 Å². The maximum Gasteiger partial charge on any atom is 0.193 e. The molecule has 2 saturated heterocycles. The smallest absolute Gasteiger partial charge is 0.193 e. The Morgan fingerprint density at radius 3 is 3.12 bits per heavy atom. The van der Waals surface area contributed by atoms with Gasteiger partial charge in [0, 0.05) is 44.6 Å². The lowest BCUT2D eigenvalue weighted by Crippen LogP contribution is -2.41. The number of imidazole rings is 1. The van der Waals surface area contributed by atoms with Crippen molar-refractivity contribution in [3.05, 3.63) is 35.2 Å². The van der Waals surface area contributed by atoms with Crippen LogP contribution in [-0.4, -0.2) is 53.6 Å². The molecule has 2 aliphatic rings. The van der Waals surface area contributed by atoms with E-state index in [1.165, 1.54) is 6.42 Å². The number of ether oxygens (including phenoxy) is 1. The van der Waals surface area contributed by atoms with E-state index in [-0.39, 0.29) is 0 Å². The predicted molar refractivity (Wildman–Crippen MR) is 94.5 cm³/mol. The Balaban J connectivity index is 1.41. The van der Waals surface area contributed by atoms with Crippen molar-refractivity contribution in [2.75, 3.05) is 33.4 Å². The minimum atomic E-state index is 0.331. The summed E-state index contributed by atoms with van der Waals surface area (Å²) in [6.45, 7) is 4.47. The first kappa shape index (κ1) is 15.7. The number of aromatic nitrogens is 2. The molecule has 1 spiro atoms. The molecule has 0 bridgehead atoms. The van der Waals surface area contributed by atoms with Crippen molar-refractivity contribution in [1.82, 2.24) is 19.6 Å². The monoisotopic (exact) mass is 347 g/mol. The molecular formula is C17H22ClN5O. The second-order valence-corrected chi connectivity index (χ2v) is 7.16. The summed E-state index contributed by atoms with van der Waals surface area (Å²) in [5.74, 6) is 0.939. The molecule has 1 atom stereocenters. The Kier molecular flexibility index (Phi) is 4.10. The van der Waals surface area contributed by atoms with Gasteiger partial charge in [-0.3, -0.25) is 4.99 Å². The quantitative estimate of drug-likeness (QED) is 0.668. The van der Waals surface area contributed by atoms with Crippen LogP contribution in [0.4, 0.5) is 0 Å². The van der Waals surface area contributed by atoms with Gasteiger partial charge in [-0.05, 0) is 25.0 Å². The van der Waals surface area contributed by atoms with Crippen LogP contribution in [0, 0.1) is 5.41 Å². The number of rotatable bonds is 2. The third kappa shape index (κ3) is 2.96. The van der Waals surface area contributed by atoms with Gasteiger partial charge in [-0.1, -0.05) is 11.6 Å². The number of fused-ring (bicyclic) bond motifs is 1. The van der Waals surface area contributed by atoms with Crippen LogP contribution in [-0.2, 0) is 11.3 Å². The zero-order valence-corrected chi connectivity index (χ0v) is 14.6. The highest BCUT2D eigenvalue weighted by Crippen LogP contribution is 2.38. The highest BCUT2D eigenvalue weighted by Gasteiger charge is 2.42. The molecule has 0 radical (unpaired) electrons. The minimum absolute atomic E-state index is 0.331. The molecule has 128 valence electrons. The van der Waals surface area contributed by atoms with Crippen LogP contribution in [0.15, 0.2) is 29.5 Å². The molecule has 1 N–H and O–H groups in total. The standard InChI is InChI=1S/C17H22ClN5O/c1-19-16(22-6-4-17(11-22)5-7-24-12-17)20-8-14-10-23-9-13(18)2-3-15(23)21-14/h2-3,9-10H,4-8,11-12H2,1H3,(H,19,20). The average molecular weight is 348 g/mol. The van der Waals surface area contributed by atoms with E-state index in [1.807, 2.05) is 36.0 Å². The summed E-state index contributed by atoms with van der Waals surface area (Å²) in [6.07, 6.45) is 6.21. The first-order valence-corrected chi connectivity index (χ1v) is 8.72. The minimum Gasteiger partial charge on any atom is -0.381 e. The maximum absolute atomic E-state index is 6.02. The Labute approximate surface area is 146 Å². The fourth-order valence-electron chi connectivity index (χ4n) is 3.69. The van der Waals surface area contributed by atoms with Crippen molar-refractivity contribution < 1.29 is 4.74 Å². The summed E-state index contributed by atoms with van der Waals surface area (Å²) in [6, 6.07) is 3.78. The molecule has 1 unspecified atom stereocenters. The number of hydrogen-bond donors (Lipinski definition) is 1. The van der Waals surface area contributed by atoms with Crippen molar-refractivity contribution in [1.29, 1.82) is 0 Å². The van der Waals surface area contributed by atoms with Crippen LogP contribution in [0.5, 0.6) is 0 Å². The van der Waals surface area contributed by atoms with Gasteiger partial charge < -0.3 is 19.4 Å². The van der Waals surface area contributed by atoms with Gasteiger partial charge in [0.05, 0.1) is 23.9 Å². The normalized spacial score (nSPS) is 24.4. The first-order valence-electron chi connectivity index (χ1n) is 8.34. The van der Waals surface area contributed by atoms with E-state index in [4.69, 9.17) is 16.3 Å². The third-order valence-electron chi connectivity index (χ3n) is 5.03. The van der Waals surface area contributed by atoms with Gasteiger partial charge in [-0.2, -0.15) is 0 Å². The Morgan fingerprint density at radius 2 is 2.33 bits per heavy atom. The molecule has 2 aromatic heterocycles. The highest BCUT2D eigenvalue weighted by atomic mass is 35.5. The molecule has 0 saturated carbocycles. The van der Waals surface area contributed by atoms with Gasteiger partial charge in [0.15, 0.2) is 5.96 Å². The second-order valence-electron chi connectivity index (χ2n) is 6.72. The Bertz CT molecular complexity index is 765. The van der Waals surface area contributed by atoms with E-state index in [0.717, 1.165) is 50.0 Å². The molecule has 0 aliphatic carbocycles. The Hall–Kier alpha value is -1.79. The zero-order valence-electron chi connectivity index (χ0n) is 13.8. The van der Waals surface area contributed by atoms with Crippen LogP contribution >= 0.6 is 11.6 Å². The van der Waals surface area contributed by atoms with Crippen LogP contribution in [0.25, 0.3) is 5.65 Å². The van der Waals surface area contributed by atoms with E-state index in [9.17, 15) is 0 Å². The van der Waals surface area contributed by atoms with Crippen LogP contribution < -0.4 is 5.32 Å². The third-order valence-corrected chi connectivity index (χ3v) is 5.25. The molecule has 4 heterocycles. The maximum atomic E-state index is 6.02. The number of likely N-dealkylation sites (tertiary alicyclic amines) is 1. The van der Waals surface area contributed by atoms with E-state index in [2.05, 4.69) is 20.2 Å². The van der Waals surface area contributed by atoms with Crippen molar-refractivity contribution >= 4 is 23.2 Å². The van der Waals surface area contributed by atoms with Gasteiger partial charge in [0.2, 0.25) is 0 Å². The molecule has 2 fully saturated rings. The lowest BCUT2D eigenvalue weighted by atomic mass is 9.87. The number of nitrogens with zero attached hydrogens (tertiary/aromatic N) is 4. The van der Waals surface area contributed by atoms with E-state index in [1.54, 1.807) is 0 Å². The number of aliphatic imine (C=N–C) groups is 1. The largest absolute Gasteiger partial charge is 0.381 e. The summed E-state index contributed by atoms with van der Waals surface area (Å²) >= 11 is 6.02. The summed E-state index contributed by atoms with van der Waals surface area (Å²) < 4.78 is 7.55. The number of nitrogens with one attached hydrogen (secondary N) is 1. The number of pyridine rings is 1. The van der Waals surface area contributed by atoms with Crippen LogP contribution in [0.1, 0.15) is 18.5 Å². The molecular weight excluding hydrogens is 326 g/mol. The first-order chi connectivity index (χ1) is 11.7. The lowest BCUT2D eigenvalue weighted by Gasteiger charge is -2.24. The Morgan fingerprint density at radius 1 is 1.42 bits per heavy atom. The molecule has 24 heavy (non-hydrogen) atoms. The molecule has 0 aromatic carbocycles. The van der Waals surface area contributed by atoms with Gasteiger partial charge in [-0.25, -0.2) is 4.98 Å². The molecule has 2 aromatic rings. The summed E-state index contributed by atoms with van der Waals surface area (Å²) in [5.41, 5.74) is 2.20.